The SMILES string of the molecule is CO[C@H]1C[C@H]2OC[C@@]2(OC(C)=O)[C@H]2C(OC(=O)c3ccccc3)[C@]3(O)C[C@H](OC(=O)[C@H](C)[C@@H](NC(=O)OC(C)(C)C)c4ccccc4)C(C)=C([C@@H](C)C(=O)[C@]12C)C3(C)C. The number of nitrogens with one attached hydrogen (secondary N) is 1. The molecule has 2 aromatic carbocycles. The lowest BCUT2D eigenvalue weighted by Crippen LogP contribution is -2.81. The molecular weight excluding hydrogens is 759 g/mol. The van der Waals surface area contributed by atoms with Crippen molar-refractivity contribution < 1.29 is 57.5 Å². The molecular formula is C46H59NO12. The molecule has 6 rings (SSSR count). The summed E-state index contributed by atoms with van der Waals surface area (Å²) in [6.07, 6.45) is -4.97. The van der Waals surface area contributed by atoms with E-state index in [1.807, 2.05) is 6.07 Å². The predicted octanol–water partition coefficient (Wildman–Crippen LogP) is 6.46. The van der Waals surface area contributed by atoms with Crippen LogP contribution in [0.4, 0.5) is 4.79 Å². The second kappa shape index (κ2) is 15.8. The molecule has 11 atom stereocenters. The fraction of sp³-hybridized carbons (Fsp3) is 0.587. The van der Waals surface area contributed by atoms with Crippen molar-refractivity contribution in [1.82, 2.24) is 5.32 Å². The van der Waals surface area contributed by atoms with Gasteiger partial charge in [-0.15, -0.1) is 0 Å². The first kappa shape index (κ1) is 44.0. The van der Waals surface area contributed by atoms with E-state index < -0.39 is 99.8 Å². The van der Waals surface area contributed by atoms with Crippen LogP contribution in [0.5, 0.6) is 0 Å². The Morgan fingerprint density at radius 1 is 0.966 bits per heavy atom. The maximum atomic E-state index is 15.5. The number of methoxy groups -OCH3 is 1. The number of ketones is 1. The van der Waals surface area contributed by atoms with Crippen LogP contribution in [0.1, 0.15) is 104 Å². The highest BCUT2D eigenvalue weighted by Gasteiger charge is 2.78. The second-order valence-electron chi connectivity index (χ2n) is 18.4. The lowest BCUT2D eigenvalue weighted by atomic mass is 9.43. The minimum absolute atomic E-state index is 0.116. The average Bonchev–Trinajstić information content (AvgIpc) is 3.16. The molecule has 0 aromatic heterocycles. The van der Waals surface area contributed by atoms with E-state index >= 15 is 4.79 Å². The summed E-state index contributed by atoms with van der Waals surface area (Å²) in [5.41, 5.74) is -5.21. The standard InChI is InChI=1S/C46H59NO12/c1-25-31(56-39(50)27(3)35(29-18-14-12-15-19-29)47-41(52)59-42(5,6)7)23-46(53)38(57-40(51)30-20-16-13-17-21-30)36-44(10,37(49)26(2)34(25)43(46,8)9)32(54-11)22-33-45(36,24-55-33)58-28(4)48/h12-21,26-27,31-33,35-36,38,53H,22-24H2,1-11H3,(H,47,52)/t26-,27-,31+,32+,33-,35-,36+,38?,44-,45+,46-/m1/s1. The molecule has 13 nitrogen and oxygen atoms in total. The molecule has 2 bridgehead atoms. The van der Waals surface area contributed by atoms with Crippen LogP contribution in [-0.2, 0) is 42.8 Å². The van der Waals surface area contributed by atoms with Crippen LogP contribution in [0.15, 0.2) is 71.8 Å². The Bertz CT molecular complexity index is 1990. The molecule has 0 radical (unpaired) electrons. The summed E-state index contributed by atoms with van der Waals surface area (Å²) >= 11 is 0. The number of carbonyl (C=O) groups is 5. The van der Waals surface area contributed by atoms with Gasteiger partial charge in [-0.2, -0.15) is 0 Å². The third kappa shape index (κ3) is 7.48. The number of carbonyl (C=O) groups excluding carboxylic acids is 5. The van der Waals surface area contributed by atoms with Crippen molar-refractivity contribution in [3.05, 3.63) is 82.9 Å². The number of hydrogen-bond acceptors (Lipinski definition) is 12. The van der Waals surface area contributed by atoms with Gasteiger partial charge in [0, 0.05) is 38.2 Å². The molecule has 13 heteroatoms. The van der Waals surface area contributed by atoms with Crippen molar-refractivity contribution >= 4 is 29.8 Å². The van der Waals surface area contributed by atoms with Gasteiger partial charge in [0.2, 0.25) is 0 Å². The Labute approximate surface area is 346 Å². The summed E-state index contributed by atoms with van der Waals surface area (Å²) in [4.78, 5) is 70.3. The Morgan fingerprint density at radius 2 is 1.58 bits per heavy atom. The van der Waals surface area contributed by atoms with Crippen molar-refractivity contribution in [3.8, 4) is 0 Å². The fourth-order valence-electron chi connectivity index (χ4n) is 10.6. The molecule has 59 heavy (non-hydrogen) atoms. The third-order valence-corrected chi connectivity index (χ3v) is 13.4. The lowest BCUT2D eigenvalue weighted by molar-refractivity contribution is -0.346. The van der Waals surface area contributed by atoms with Crippen LogP contribution < -0.4 is 5.32 Å². The third-order valence-electron chi connectivity index (χ3n) is 13.4. The minimum atomic E-state index is -2.06. The maximum absolute atomic E-state index is 15.5. The van der Waals surface area contributed by atoms with Crippen molar-refractivity contribution in [3.63, 3.8) is 0 Å². The Balaban J connectivity index is 1.50. The molecule has 1 aliphatic heterocycles. The number of esters is 3. The van der Waals surface area contributed by atoms with Gasteiger partial charge in [-0.25, -0.2) is 9.59 Å². The van der Waals surface area contributed by atoms with E-state index in [2.05, 4.69) is 5.32 Å². The van der Waals surface area contributed by atoms with E-state index in [4.69, 9.17) is 28.4 Å². The quantitative estimate of drug-likeness (QED) is 0.161. The summed E-state index contributed by atoms with van der Waals surface area (Å²) in [6.45, 7) is 16.9. The number of aliphatic hydroxyl groups is 1. The molecule has 1 saturated heterocycles. The summed E-state index contributed by atoms with van der Waals surface area (Å²) in [5.74, 6) is -5.39. The largest absolute Gasteiger partial charge is 0.457 e. The molecule has 2 saturated carbocycles. The molecule has 2 aromatic rings. The molecule has 4 aliphatic rings. The average molecular weight is 818 g/mol. The topological polar surface area (TPSA) is 173 Å². The highest BCUT2D eigenvalue weighted by atomic mass is 16.6. The normalized spacial score (nSPS) is 33.3. The van der Waals surface area contributed by atoms with Crippen molar-refractivity contribution in [2.45, 2.75) is 129 Å². The highest BCUT2D eigenvalue weighted by Crippen LogP contribution is 2.65. The summed E-state index contributed by atoms with van der Waals surface area (Å²) < 4.78 is 36.8. The highest BCUT2D eigenvalue weighted by molar-refractivity contribution is 5.92. The molecule has 1 amide bonds. The first-order valence-corrected chi connectivity index (χ1v) is 20.4. The van der Waals surface area contributed by atoms with Crippen LogP contribution in [-0.4, -0.2) is 89.8 Å². The van der Waals surface area contributed by atoms with Crippen LogP contribution in [0.2, 0.25) is 0 Å². The van der Waals surface area contributed by atoms with Crippen LogP contribution in [0.25, 0.3) is 0 Å². The first-order valence-electron chi connectivity index (χ1n) is 20.4. The van der Waals surface area contributed by atoms with Gasteiger partial charge in [0.1, 0.15) is 35.3 Å². The zero-order valence-corrected chi connectivity index (χ0v) is 36.0. The first-order chi connectivity index (χ1) is 27.5. The fourth-order valence-corrected chi connectivity index (χ4v) is 10.6. The van der Waals surface area contributed by atoms with E-state index in [9.17, 15) is 24.3 Å². The van der Waals surface area contributed by atoms with Crippen molar-refractivity contribution in [1.29, 1.82) is 0 Å². The number of hydrogen-bond donors (Lipinski definition) is 2. The number of Topliss-reactive ketones (excluding diaryl/α,β-unsaturated/α-hetero) is 1. The Morgan fingerprint density at radius 3 is 2.12 bits per heavy atom. The predicted molar refractivity (Wildman–Crippen MR) is 215 cm³/mol. The number of benzene rings is 2. The number of fused-ring (bicyclic) bond motifs is 5. The number of rotatable bonds is 9. The summed E-state index contributed by atoms with van der Waals surface area (Å²) in [7, 11) is 1.49. The van der Waals surface area contributed by atoms with Gasteiger partial charge >= 0.3 is 24.0 Å². The van der Waals surface area contributed by atoms with Gasteiger partial charge < -0.3 is 38.8 Å². The molecule has 2 N–H and O–H groups in total. The van der Waals surface area contributed by atoms with Gasteiger partial charge in [-0.3, -0.25) is 14.4 Å². The van der Waals surface area contributed by atoms with Crippen LogP contribution >= 0.6 is 0 Å². The summed E-state index contributed by atoms with van der Waals surface area (Å²) in [6, 6.07) is 16.4. The molecule has 3 fully saturated rings. The van der Waals surface area contributed by atoms with E-state index in [1.54, 1.807) is 117 Å². The van der Waals surface area contributed by atoms with Gasteiger partial charge in [-0.1, -0.05) is 69.3 Å². The smallest absolute Gasteiger partial charge is 0.408 e. The zero-order chi connectivity index (χ0) is 43.5. The Kier molecular flexibility index (Phi) is 11.8. The van der Waals surface area contributed by atoms with E-state index in [1.165, 1.54) is 14.0 Å². The molecule has 1 heterocycles. The van der Waals surface area contributed by atoms with Gasteiger partial charge in [-0.05, 0) is 70.4 Å². The van der Waals surface area contributed by atoms with E-state index in [-0.39, 0.29) is 30.8 Å². The lowest BCUT2D eigenvalue weighted by Gasteiger charge is -2.68. The maximum Gasteiger partial charge on any atom is 0.408 e. The number of ether oxygens (including phenoxy) is 6. The molecule has 0 spiro atoms. The summed E-state index contributed by atoms with van der Waals surface area (Å²) in [5, 5.41) is 16.6. The van der Waals surface area contributed by atoms with E-state index in [0.717, 1.165) is 0 Å². The van der Waals surface area contributed by atoms with Gasteiger partial charge in [0.15, 0.2) is 5.60 Å². The van der Waals surface area contributed by atoms with Crippen molar-refractivity contribution in [2.24, 2.45) is 28.6 Å². The Hall–Kier alpha value is -4.59. The zero-order valence-electron chi connectivity index (χ0n) is 36.0. The second-order valence-corrected chi connectivity index (χ2v) is 18.4. The van der Waals surface area contributed by atoms with Gasteiger partial charge in [0.25, 0.3) is 0 Å². The van der Waals surface area contributed by atoms with Crippen LogP contribution in [0, 0.1) is 28.6 Å². The van der Waals surface area contributed by atoms with Crippen LogP contribution in [0.3, 0.4) is 0 Å². The molecule has 3 aliphatic carbocycles. The van der Waals surface area contributed by atoms with Gasteiger partial charge in [0.05, 0.1) is 41.6 Å². The number of alkyl carbamates (subject to hydrolysis) is 1. The minimum Gasteiger partial charge on any atom is -0.457 e. The molecule has 320 valence electrons. The monoisotopic (exact) mass is 817 g/mol. The van der Waals surface area contributed by atoms with Crippen molar-refractivity contribution in [2.75, 3.05) is 13.7 Å². The number of amides is 1. The molecule has 1 unspecified atom stereocenters. The van der Waals surface area contributed by atoms with E-state index in [0.29, 0.717) is 16.7 Å².